The van der Waals surface area contributed by atoms with Crippen molar-refractivity contribution in [2.75, 3.05) is 6.61 Å². The van der Waals surface area contributed by atoms with Gasteiger partial charge in [-0.25, -0.2) is 0 Å². The SMILES string of the molecule is CC1NC(=O)C(Cc2ccccc2)NC(C(=O)NC(C)(C)C)C2C(CO)N2C1=O. The summed E-state index contributed by atoms with van der Waals surface area (Å²) in [6, 6.07) is 6.35. The lowest BCUT2D eigenvalue weighted by atomic mass is 10.0. The van der Waals surface area contributed by atoms with Crippen LogP contribution in [0, 0.1) is 0 Å². The van der Waals surface area contributed by atoms with Crippen molar-refractivity contribution in [3.8, 4) is 0 Å². The van der Waals surface area contributed by atoms with Gasteiger partial charge in [-0.05, 0) is 39.7 Å². The molecular formula is C21H30N4O4. The largest absolute Gasteiger partial charge is 0.394 e. The van der Waals surface area contributed by atoms with Crippen LogP contribution in [-0.4, -0.2) is 70.1 Å². The van der Waals surface area contributed by atoms with Crippen LogP contribution in [0.3, 0.4) is 0 Å². The standard InChI is InChI=1S/C21H30N4O4/c1-12-20(29)25-15(11-26)17(25)16(19(28)24-21(2,3)4)23-14(18(27)22-12)10-13-8-6-5-7-9-13/h5-9,12,14-17,23,26H,10-11H2,1-4H3,(H,22,27)(H,24,28). The summed E-state index contributed by atoms with van der Waals surface area (Å²) in [7, 11) is 0. The third-order valence-electron chi connectivity index (χ3n) is 5.26. The minimum Gasteiger partial charge on any atom is -0.394 e. The van der Waals surface area contributed by atoms with Gasteiger partial charge < -0.3 is 20.6 Å². The summed E-state index contributed by atoms with van der Waals surface area (Å²) < 4.78 is 0. The van der Waals surface area contributed by atoms with Crippen molar-refractivity contribution in [3.63, 3.8) is 0 Å². The molecule has 5 atom stereocenters. The molecular weight excluding hydrogens is 372 g/mol. The molecule has 3 amide bonds. The highest BCUT2D eigenvalue weighted by Gasteiger charge is 2.58. The maximum absolute atomic E-state index is 13.1. The molecule has 8 nitrogen and oxygen atoms in total. The molecule has 158 valence electrons. The molecule has 2 saturated heterocycles. The second kappa shape index (κ2) is 8.12. The van der Waals surface area contributed by atoms with Gasteiger partial charge in [0.2, 0.25) is 17.7 Å². The Kier molecular flexibility index (Phi) is 5.95. The van der Waals surface area contributed by atoms with Gasteiger partial charge >= 0.3 is 0 Å². The van der Waals surface area contributed by atoms with E-state index in [4.69, 9.17) is 0 Å². The number of hydrogen-bond acceptors (Lipinski definition) is 5. The van der Waals surface area contributed by atoms with E-state index >= 15 is 0 Å². The Bertz CT molecular complexity index is 777. The topological polar surface area (TPSA) is 111 Å². The predicted molar refractivity (Wildman–Crippen MR) is 108 cm³/mol. The van der Waals surface area contributed by atoms with Crippen molar-refractivity contribution in [1.82, 2.24) is 20.9 Å². The molecule has 29 heavy (non-hydrogen) atoms. The second-order valence-electron chi connectivity index (χ2n) is 8.84. The summed E-state index contributed by atoms with van der Waals surface area (Å²) in [6.45, 7) is 7.00. The molecule has 1 aromatic rings. The number of hydrogen-bond donors (Lipinski definition) is 4. The molecule has 0 aliphatic carbocycles. The lowest BCUT2D eigenvalue weighted by Gasteiger charge is -2.28. The van der Waals surface area contributed by atoms with Crippen molar-refractivity contribution in [1.29, 1.82) is 0 Å². The Morgan fingerprint density at radius 1 is 1.21 bits per heavy atom. The van der Waals surface area contributed by atoms with Gasteiger partial charge in [-0.15, -0.1) is 0 Å². The average molecular weight is 402 g/mol. The van der Waals surface area contributed by atoms with E-state index in [1.165, 1.54) is 4.90 Å². The first kappa shape index (κ1) is 21.3. The first-order valence-corrected chi connectivity index (χ1v) is 9.98. The van der Waals surface area contributed by atoms with Gasteiger partial charge in [0.1, 0.15) is 12.1 Å². The fourth-order valence-electron chi connectivity index (χ4n) is 3.86. The number of carbonyl (C=O) groups excluding carboxylic acids is 3. The summed E-state index contributed by atoms with van der Waals surface area (Å²) in [5.74, 6) is -0.916. The van der Waals surface area contributed by atoms with E-state index in [2.05, 4.69) is 16.0 Å². The maximum atomic E-state index is 13.1. The lowest BCUT2D eigenvalue weighted by Crippen LogP contribution is -2.59. The highest BCUT2D eigenvalue weighted by molar-refractivity contribution is 5.94. The third-order valence-corrected chi connectivity index (χ3v) is 5.26. The molecule has 2 heterocycles. The molecule has 0 saturated carbocycles. The molecule has 0 radical (unpaired) electrons. The molecule has 1 aromatic carbocycles. The van der Waals surface area contributed by atoms with Crippen molar-refractivity contribution in [2.45, 2.75) is 69.9 Å². The lowest BCUT2D eigenvalue weighted by molar-refractivity contribution is -0.132. The highest BCUT2D eigenvalue weighted by Crippen LogP contribution is 2.33. The van der Waals surface area contributed by atoms with E-state index in [1.54, 1.807) is 6.92 Å². The Labute approximate surface area is 171 Å². The quantitative estimate of drug-likeness (QED) is 0.511. The fourth-order valence-corrected chi connectivity index (χ4v) is 3.86. The van der Waals surface area contributed by atoms with Crippen LogP contribution in [0.2, 0.25) is 0 Å². The Morgan fingerprint density at radius 3 is 2.45 bits per heavy atom. The van der Waals surface area contributed by atoms with Gasteiger partial charge in [-0.2, -0.15) is 0 Å². The zero-order valence-corrected chi connectivity index (χ0v) is 17.3. The van der Waals surface area contributed by atoms with E-state index < -0.39 is 35.7 Å². The van der Waals surface area contributed by atoms with Crippen LogP contribution in [0.4, 0.5) is 0 Å². The molecule has 0 aromatic heterocycles. The molecule has 3 rings (SSSR count). The molecule has 0 spiro atoms. The monoisotopic (exact) mass is 402 g/mol. The third kappa shape index (κ3) is 4.76. The number of aliphatic hydroxyl groups excluding tert-OH is 1. The van der Waals surface area contributed by atoms with Gasteiger partial charge in [-0.1, -0.05) is 30.3 Å². The van der Waals surface area contributed by atoms with Crippen molar-refractivity contribution >= 4 is 17.7 Å². The summed E-state index contributed by atoms with van der Waals surface area (Å²) in [4.78, 5) is 40.2. The van der Waals surface area contributed by atoms with Gasteiger partial charge in [0.05, 0.1) is 24.7 Å². The van der Waals surface area contributed by atoms with E-state index in [1.807, 2.05) is 51.1 Å². The van der Waals surface area contributed by atoms with Crippen LogP contribution in [0.15, 0.2) is 30.3 Å². The number of nitrogens with one attached hydrogen (secondary N) is 3. The van der Waals surface area contributed by atoms with Crippen LogP contribution >= 0.6 is 0 Å². The number of rotatable bonds is 4. The zero-order valence-electron chi connectivity index (χ0n) is 17.3. The molecule has 5 unspecified atom stereocenters. The number of benzene rings is 1. The zero-order chi connectivity index (χ0) is 21.3. The molecule has 4 N–H and O–H groups in total. The summed E-state index contributed by atoms with van der Waals surface area (Å²) in [5, 5.41) is 18.6. The number of aliphatic hydroxyl groups is 1. The molecule has 2 aliphatic heterocycles. The number of fused-ring (bicyclic) bond motifs is 1. The normalized spacial score (nSPS) is 29.8. The van der Waals surface area contributed by atoms with E-state index in [0.29, 0.717) is 6.42 Å². The van der Waals surface area contributed by atoms with E-state index in [-0.39, 0.29) is 24.3 Å². The highest BCUT2D eigenvalue weighted by atomic mass is 16.3. The van der Waals surface area contributed by atoms with Gasteiger partial charge in [-0.3, -0.25) is 19.7 Å². The average Bonchev–Trinajstić information content (AvgIpc) is 3.36. The molecule has 0 bridgehead atoms. The number of nitrogens with zero attached hydrogens (tertiary/aromatic N) is 1. The molecule has 2 aliphatic rings. The smallest absolute Gasteiger partial charge is 0.245 e. The van der Waals surface area contributed by atoms with Crippen LogP contribution in [0.25, 0.3) is 0 Å². The summed E-state index contributed by atoms with van der Waals surface area (Å²) in [6.07, 6.45) is 0.378. The Hall–Kier alpha value is -2.45. The Balaban J connectivity index is 1.92. The number of amides is 3. The first-order chi connectivity index (χ1) is 13.6. The summed E-state index contributed by atoms with van der Waals surface area (Å²) >= 11 is 0. The van der Waals surface area contributed by atoms with Gasteiger partial charge in [0, 0.05) is 5.54 Å². The van der Waals surface area contributed by atoms with Gasteiger partial charge in [0.15, 0.2) is 0 Å². The predicted octanol–water partition coefficient (Wildman–Crippen LogP) is -0.439. The maximum Gasteiger partial charge on any atom is 0.245 e. The first-order valence-electron chi connectivity index (χ1n) is 9.98. The molecule has 8 heteroatoms. The van der Waals surface area contributed by atoms with Gasteiger partial charge in [0.25, 0.3) is 0 Å². The molecule has 2 fully saturated rings. The van der Waals surface area contributed by atoms with Crippen LogP contribution in [0.5, 0.6) is 0 Å². The van der Waals surface area contributed by atoms with E-state index in [0.717, 1.165) is 5.56 Å². The summed E-state index contributed by atoms with van der Waals surface area (Å²) in [5.41, 5.74) is 0.472. The van der Waals surface area contributed by atoms with Crippen LogP contribution < -0.4 is 16.0 Å². The van der Waals surface area contributed by atoms with Crippen molar-refractivity contribution in [3.05, 3.63) is 35.9 Å². The number of carbonyl (C=O) groups is 3. The van der Waals surface area contributed by atoms with Crippen LogP contribution in [-0.2, 0) is 20.8 Å². The minimum absolute atomic E-state index is 0.235. The second-order valence-corrected chi connectivity index (χ2v) is 8.84. The van der Waals surface area contributed by atoms with Crippen molar-refractivity contribution in [2.24, 2.45) is 0 Å². The van der Waals surface area contributed by atoms with Crippen molar-refractivity contribution < 1.29 is 19.5 Å². The Morgan fingerprint density at radius 2 is 1.86 bits per heavy atom. The van der Waals surface area contributed by atoms with E-state index in [9.17, 15) is 19.5 Å². The minimum atomic E-state index is -0.805. The van der Waals surface area contributed by atoms with Crippen LogP contribution in [0.1, 0.15) is 33.3 Å². The fraction of sp³-hybridized carbons (Fsp3) is 0.571.